The van der Waals surface area contributed by atoms with Crippen molar-refractivity contribution in [1.82, 2.24) is 0 Å². The summed E-state index contributed by atoms with van der Waals surface area (Å²) in [7, 11) is 0. The largest absolute Gasteiger partial charge is 1.00 e. The van der Waals surface area contributed by atoms with E-state index in [0.29, 0.717) is 0 Å². The number of hydrogen-bond acceptors (Lipinski definition) is 1. The maximum absolute atomic E-state index is 13.3. The van der Waals surface area contributed by atoms with Crippen molar-refractivity contribution in [2.45, 2.75) is 6.61 Å². The van der Waals surface area contributed by atoms with Crippen LogP contribution in [0.3, 0.4) is 0 Å². The molecular weight excluding hydrogens is 317 g/mol. The van der Waals surface area contributed by atoms with Gasteiger partial charge < -0.3 is 17.7 Å². The Kier molecular flexibility index (Phi) is 6.86. The average molecular weight is 326 g/mol. The molecule has 8 heteroatoms. The topological polar surface area (TPSA) is 9.23 Å². The maximum atomic E-state index is 13.3. The van der Waals surface area contributed by atoms with Crippen LogP contribution in [0.5, 0.6) is 5.75 Å². The van der Waals surface area contributed by atoms with Crippen LogP contribution in [0.4, 0.5) is 21.7 Å². The van der Waals surface area contributed by atoms with E-state index in [4.69, 9.17) is 4.74 Å². The SMILES string of the molecule is Fc1cccc(COc2cccc([B-](F)(F)F)c2)c1F.[K+]. The number of halogens is 5. The van der Waals surface area contributed by atoms with E-state index < -0.39 is 24.1 Å². The van der Waals surface area contributed by atoms with Crippen molar-refractivity contribution in [3.8, 4) is 5.75 Å². The summed E-state index contributed by atoms with van der Waals surface area (Å²) < 4.78 is 69.0. The second-order valence-electron chi connectivity index (χ2n) is 4.15. The van der Waals surface area contributed by atoms with E-state index in [9.17, 15) is 21.7 Å². The summed E-state index contributed by atoms with van der Waals surface area (Å²) in [4.78, 5) is 0. The number of hydrogen-bond donors (Lipinski definition) is 0. The summed E-state index contributed by atoms with van der Waals surface area (Å²) in [6.07, 6.45) is 0. The molecule has 0 aliphatic carbocycles. The van der Waals surface area contributed by atoms with Crippen LogP contribution in [0, 0.1) is 11.6 Å². The van der Waals surface area contributed by atoms with E-state index in [1.165, 1.54) is 24.3 Å². The van der Waals surface area contributed by atoms with Crippen LogP contribution >= 0.6 is 0 Å². The van der Waals surface area contributed by atoms with Crippen molar-refractivity contribution < 1.29 is 77.8 Å². The molecular formula is C13H9BF5KO. The molecule has 2 rings (SSSR count). The van der Waals surface area contributed by atoms with Gasteiger partial charge in [-0.15, -0.1) is 5.46 Å². The third kappa shape index (κ3) is 5.07. The summed E-state index contributed by atoms with van der Waals surface area (Å²) >= 11 is 0. The normalized spacial score (nSPS) is 10.9. The molecule has 0 fully saturated rings. The molecule has 0 saturated carbocycles. The van der Waals surface area contributed by atoms with Crippen molar-refractivity contribution >= 4 is 12.4 Å². The molecule has 21 heavy (non-hydrogen) atoms. The van der Waals surface area contributed by atoms with Gasteiger partial charge >= 0.3 is 58.4 Å². The van der Waals surface area contributed by atoms with Crippen LogP contribution in [0.15, 0.2) is 42.5 Å². The first kappa shape index (κ1) is 18.6. The van der Waals surface area contributed by atoms with Crippen LogP contribution in [-0.4, -0.2) is 6.98 Å². The summed E-state index contributed by atoms with van der Waals surface area (Å²) in [5, 5.41) is 0. The van der Waals surface area contributed by atoms with E-state index >= 15 is 0 Å². The van der Waals surface area contributed by atoms with Gasteiger partial charge in [0.2, 0.25) is 0 Å². The Bertz CT molecular complexity index is 618. The van der Waals surface area contributed by atoms with Crippen molar-refractivity contribution in [2.75, 3.05) is 0 Å². The Balaban J connectivity index is 0.00000220. The summed E-state index contributed by atoms with van der Waals surface area (Å²) in [6, 6.07) is 7.82. The fourth-order valence-corrected chi connectivity index (χ4v) is 1.63. The zero-order chi connectivity index (χ0) is 14.8. The summed E-state index contributed by atoms with van der Waals surface area (Å²) in [6.45, 7) is -5.47. The summed E-state index contributed by atoms with van der Waals surface area (Å²) in [5.74, 6) is -2.15. The quantitative estimate of drug-likeness (QED) is 0.591. The van der Waals surface area contributed by atoms with Gasteiger partial charge in [-0.25, -0.2) is 8.78 Å². The van der Waals surface area contributed by atoms with E-state index in [1.807, 2.05) is 0 Å². The number of benzene rings is 2. The standard InChI is InChI=1S/C13H9BF5O.K/c15-12-6-1-3-9(13(12)16)8-20-11-5-2-4-10(7-11)14(17,18)19;/h1-7H,8H2;/q-1;+1. The fourth-order valence-electron chi connectivity index (χ4n) is 1.63. The van der Waals surface area contributed by atoms with Crippen LogP contribution in [0.25, 0.3) is 0 Å². The van der Waals surface area contributed by atoms with Crippen LogP contribution in [-0.2, 0) is 6.61 Å². The smallest absolute Gasteiger partial charge is 0.489 e. The number of ether oxygens (including phenoxy) is 1. The molecule has 0 aliphatic rings. The predicted octanol–water partition coefficient (Wildman–Crippen LogP) is 0.602. The first-order valence-corrected chi connectivity index (χ1v) is 5.73. The maximum Gasteiger partial charge on any atom is 1.00 e. The number of rotatable bonds is 4. The van der Waals surface area contributed by atoms with Gasteiger partial charge in [0.05, 0.1) is 0 Å². The minimum Gasteiger partial charge on any atom is -0.489 e. The Hall–Kier alpha value is -0.409. The minimum absolute atomic E-state index is 0. The fraction of sp³-hybridized carbons (Fsp3) is 0.0769. The van der Waals surface area contributed by atoms with Crippen LogP contribution in [0.1, 0.15) is 5.56 Å². The molecule has 0 N–H and O–H groups in total. The Labute approximate surface area is 161 Å². The molecule has 0 aliphatic heterocycles. The monoisotopic (exact) mass is 326 g/mol. The molecule has 0 amide bonds. The molecule has 0 aromatic heterocycles. The third-order valence-electron chi connectivity index (χ3n) is 2.66. The Morgan fingerprint density at radius 3 is 2.29 bits per heavy atom. The third-order valence-corrected chi connectivity index (χ3v) is 2.66. The van der Waals surface area contributed by atoms with Crippen LogP contribution in [0.2, 0.25) is 0 Å². The van der Waals surface area contributed by atoms with Crippen molar-refractivity contribution in [3.05, 3.63) is 59.7 Å². The molecule has 0 bridgehead atoms. The Morgan fingerprint density at radius 2 is 1.62 bits per heavy atom. The van der Waals surface area contributed by atoms with E-state index in [0.717, 1.165) is 18.2 Å². The molecule has 0 atom stereocenters. The molecule has 0 saturated heterocycles. The molecule has 1 nitrogen and oxygen atoms in total. The van der Waals surface area contributed by atoms with Gasteiger partial charge in [0, 0.05) is 5.56 Å². The molecule has 0 unspecified atom stereocenters. The molecule has 0 radical (unpaired) electrons. The van der Waals surface area contributed by atoms with Crippen LogP contribution < -0.4 is 61.6 Å². The molecule has 2 aromatic carbocycles. The van der Waals surface area contributed by atoms with Crippen molar-refractivity contribution in [1.29, 1.82) is 0 Å². The molecule has 0 spiro atoms. The van der Waals surface area contributed by atoms with E-state index in [1.54, 1.807) is 0 Å². The van der Waals surface area contributed by atoms with Gasteiger partial charge in [0.15, 0.2) is 11.6 Å². The predicted molar refractivity (Wildman–Crippen MR) is 65.8 cm³/mol. The van der Waals surface area contributed by atoms with Crippen molar-refractivity contribution in [2.24, 2.45) is 0 Å². The Morgan fingerprint density at radius 1 is 0.952 bits per heavy atom. The van der Waals surface area contributed by atoms with Gasteiger partial charge in [0.1, 0.15) is 12.4 Å². The first-order chi connectivity index (χ1) is 9.38. The van der Waals surface area contributed by atoms with Gasteiger partial charge in [-0.05, 0) is 18.2 Å². The average Bonchev–Trinajstić information content (AvgIpc) is 2.40. The zero-order valence-corrected chi connectivity index (χ0v) is 14.2. The molecule has 106 valence electrons. The van der Waals surface area contributed by atoms with E-state index in [2.05, 4.69) is 0 Å². The molecule has 2 aromatic rings. The van der Waals surface area contributed by atoms with Crippen molar-refractivity contribution in [3.63, 3.8) is 0 Å². The van der Waals surface area contributed by atoms with Gasteiger partial charge in [-0.3, -0.25) is 0 Å². The van der Waals surface area contributed by atoms with Gasteiger partial charge in [-0.2, -0.15) is 0 Å². The second kappa shape index (κ2) is 7.73. The van der Waals surface area contributed by atoms with Gasteiger partial charge in [-0.1, -0.05) is 24.3 Å². The minimum atomic E-state index is -5.12. The zero-order valence-electron chi connectivity index (χ0n) is 11.1. The van der Waals surface area contributed by atoms with Gasteiger partial charge in [0.25, 0.3) is 0 Å². The second-order valence-corrected chi connectivity index (χ2v) is 4.15. The first-order valence-electron chi connectivity index (χ1n) is 5.73. The summed E-state index contributed by atoms with van der Waals surface area (Å²) in [5.41, 5.74) is -0.866. The van der Waals surface area contributed by atoms with E-state index in [-0.39, 0.29) is 69.3 Å². The molecule has 0 heterocycles.